The quantitative estimate of drug-likeness (QED) is 0.940. The van der Waals surface area contributed by atoms with E-state index in [0.717, 1.165) is 24.5 Å². The molecular weight excluding hydrogens is 272 g/mol. The maximum absolute atomic E-state index is 12.6. The number of nitrogens with one attached hydrogen (secondary N) is 1. The van der Waals surface area contributed by atoms with Gasteiger partial charge in [0.2, 0.25) is 5.13 Å². The molecule has 106 valence electrons. The summed E-state index contributed by atoms with van der Waals surface area (Å²) >= 11 is 1.43. The number of aromatic nitrogens is 3. The summed E-state index contributed by atoms with van der Waals surface area (Å²) in [5, 5.41) is 12.8. The van der Waals surface area contributed by atoms with Gasteiger partial charge in [0, 0.05) is 18.8 Å². The molecule has 0 aromatic carbocycles. The van der Waals surface area contributed by atoms with Crippen LogP contribution in [0.2, 0.25) is 0 Å². The van der Waals surface area contributed by atoms with Gasteiger partial charge in [-0.05, 0) is 31.9 Å². The van der Waals surface area contributed by atoms with Crippen LogP contribution < -0.4 is 10.9 Å². The van der Waals surface area contributed by atoms with Crippen molar-refractivity contribution >= 4 is 16.5 Å². The molecular formula is C14H18N4OS. The average Bonchev–Trinajstić information content (AvgIpc) is 3.10. The van der Waals surface area contributed by atoms with Gasteiger partial charge in [-0.25, -0.2) is 0 Å². The first kappa shape index (κ1) is 13.3. The lowest BCUT2D eigenvalue weighted by molar-refractivity contribution is 0.503. The highest BCUT2D eigenvalue weighted by atomic mass is 32.1. The van der Waals surface area contributed by atoms with Crippen LogP contribution in [0, 0.1) is 0 Å². The Morgan fingerprint density at radius 2 is 2.20 bits per heavy atom. The molecule has 0 atom stereocenters. The Balaban J connectivity index is 1.96. The molecule has 2 aromatic rings. The van der Waals surface area contributed by atoms with Crippen LogP contribution in [0.4, 0.5) is 5.13 Å². The van der Waals surface area contributed by atoms with Gasteiger partial charge >= 0.3 is 0 Å². The summed E-state index contributed by atoms with van der Waals surface area (Å²) in [5.41, 5.74) is 0.708. The molecule has 1 saturated carbocycles. The predicted octanol–water partition coefficient (Wildman–Crippen LogP) is 2.91. The van der Waals surface area contributed by atoms with E-state index in [0.29, 0.717) is 16.6 Å². The molecule has 0 unspecified atom stereocenters. The Hall–Kier alpha value is -1.69. The molecule has 1 N–H and O–H groups in total. The lowest BCUT2D eigenvalue weighted by Crippen LogP contribution is -2.23. The molecule has 6 heteroatoms. The van der Waals surface area contributed by atoms with Crippen LogP contribution in [0.1, 0.15) is 38.6 Å². The largest absolute Gasteiger partial charge is 0.360 e. The van der Waals surface area contributed by atoms with Crippen molar-refractivity contribution < 1.29 is 0 Å². The van der Waals surface area contributed by atoms with Crippen LogP contribution >= 0.6 is 11.3 Å². The molecule has 0 bridgehead atoms. The molecule has 1 aliphatic rings. The normalized spacial score (nSPS) is 15.7. The summed E-state index contributed by atoms with van der Waals surface area (Å²) in [4.78, 5) is 12.6. The van der Waals surface area contributed by atoms with E-state index in [1.165, 1.54) is 24.2 Å². The lowest BCUT2D eigenvalue weighted by Gasteiger charge is -2.13. The van der Waals surface area contributed by atoms with Gasteiger partial charge in [-0.1, -0.05) is 24.2 Å². The maximum atomic E-state index is 12.6. The van der Waals surface area contributed by atoms with Crippen LogP contribution in [0.3, 0.4) is 0 Å². The highest BCUT2D eigenvalue weighted by Crippen LogP contribution is 2.29. The highest BCUT2D eigenvalue weighted by molar-refractivity contribution is 7.18. The zero-order valence-electron chi connectivity index (χ0n) is 11.5. The Morgan fingerprint density at radius 1 is 1.40 bits per heavy atom. The van der Waals surface area contributed by atoms with Gasteiger partial charge in [-0.15, -0.1) is 10.2 Å². The van der Waals surface area contributed by atoms with Gasteiger partial charge in [0.25, 0.3) is 5.56 Å². The van der Waals surface area contributed by atoms with Crippen molar-refractivity contribution in [2.24, 2.45) is 0 Å². The van der Waals surface area contributed by atoms with Crippen molar-refractivity contribution in [2.75, 3.05) is 11.9 Å². The molecule has 0 radical (unpaired) electrons. The van der Waals surface area contributed by atoms with E-state index in [-0.39, 0.29) is 5.56 Å². The fraction of sp³-hybridized carbons (Fsp3) is 0.500. The zero-order chi connectivity index (χ0) is 13.9. The number of hydrogen-bond donors (Lipinski definition) is 1. The van der Waals surface area contributed by atoms with Crippen LogP contribution in [-0.2, 0) is 0 Å². The standard InChI is InChI=1S/C14H18N4OS/c1-2-15-14-17-16-12(20-14)11-8-5-9-18(13(11)19)10-6-3-4-7-10/h5,8-10H,2-4,6-7H2,1H3,(H,15,17). The van der Waals surface area contributed by atoms with Gasteiger partial charge in [-0.3, -0.25) is 4.79 Å². The average molecular weight is 290 g/mol. The second-order valence-electron chi connectivity index (χ2n) is 5.02. The zero-order valence-corrected chi connectivity index (χ0v) is 12.3. The van der Waals surface area contributed by atoms with Crippen molar-refractivity contribution in [2.45, 2.75) is 38.6 Å². The second-order valence-corrected chi connectivity index (χ2v) is 5.99. The van der Waals surface area contributed by atoms with Crippen molar-refractivity contribution in [3.63, 3.8) is 0 Å². The third-order valence-corrected chi connectivity index (χ3v) is 4.59. The number of nitrogens with zero attached hydrogens (tertiary/aromatic N) is 3. The van der Waals surface area contributed by atoms with Crippen molar-refractivity contribution in [1.29, 1.82) is 0 Å². The van der Waals surface area contributed by atoms with Crippen molar-refractivity contribution in [3.05, 3.63) is 28.7 Å². The van der Waals surface area contributed by atoms with Crippen LogP contribution in [0.5, 0.6) is 0 Å². The van der Waals surface area contributed by atoms with Crippen LogP contribution in [-0.4, -0.2) is 21.3 Å². The third-order valence-electron chi connectivity index (χ3n) is 3.68. The topological polar surface area (TPSA) is 59.8 Å². The summed E-state index contributed by atoms with van der Waals surface area (Å²) in [7, 11) is 0. The molecule has 2 heterocycles. The number of hydrogen-bond acceptors (Lipinski definition) is 5. The lowest BCUT2D eigenvalue weighted by atomic mass is 10.2. The Labute approximate surface area is 121 Å². The van der Waals surface area contributed by atoms with Crippen LogP contribution in [0.15, 0.2) is 23.1 Å². The van der Waals surface area contributed by atoms with Crippen LogP contribution in [0.25, 0.3) is 10.6 Å². The predicted molar refractivity (Wildman–Crippen MR) is 81.3 cm³/mol. The van der Waals surface area contributed by atoms with E-state index in [1.807, 2.05) is 29.8 Å². The first-order valence-electron chi connectivity index (χ1n) is 7.08. The fourth-order valence-electron chi connectivity index (χ4n) is 2.70. The summed E-state index contributed by atoms with van der Waals surface area (Å²) in [6.07, 6.45) is 6.52. The van der Waals surface area contributed by atoms with E-state index >= 15 is 0 Å². The summed E-state index contributed by atoms with van der Waals surface area (Å²) < 4.78 is 1.87. The Bertz CT molecular complexity index is 643. The van der Waals surface area contributed by atoms with E-state index in [4.69, 9.17) is 0 Å². The smallest absolute Gasteiger partial charge is 0.261 e. The molecule has 0 aliphatic heterocycles. The van der Waals surface area contributed by atoms with Crippen molar-refractivity contribution in [3.8, 4) is 10.6 Å². The minimum Gasteiger partial charge on any atom is -0.360 e. The molecule has 0 spiro atoms. The number of pyridine rings is 1. The van der Waals surface area contributed by atoms with Gasteiger partial charge in [0.15, 0.2) is 5.01 Å². The Morgan fingerprint density at radius 3 is 2.95 bits per heavy atom. The van der Waals surface area contributed by atoms with Gasteiger partial charge in [0.05, 0.1) is 5.56 Å². The minimum absolute atomic E-state index is 0.0543. The molecule has 3 rings (SSSR count). The minimum atomic E-state index is 0.0543. The summed E-state index contributed by atoms with van der Waals surface area (Å²) in [6, 6.07) is 4.12. The van der Waals surface area contributed by atoms with E-state index in [2.05, 4.69) is 15.5 Å². The SMILES string of the molecule is CCNc1nnc(-c2cccn(C3CCCC3)c2=O)s1. The molecule has 0 saturated heterocycles. The van der Waals surface area contributed by atoms with E-state index in [1.54, 1.807) is 0 Å². The van der Waals surface area contributed by atoms with Gasteiger partial charge in [-0.2, -0.15) is 0 Å². The van der Waals surface area contributed by atoms with Crippen molar-refractivity contribution in [1.82, 2.24) is 14.8 Å². The summed E-state index contributed by atoms with van der Waals surface area (Å²) in [6.45, 7) is 2.81. The Kier molecular flexibility index (Phi) is 3.82. The number of anilines is 1. The monoisotopic (exact) mass is 290 g/mol. The van der Waals surface area contributed by atoms with Gasteiger partial charge < -0.3 is 9.88 Å². The molecule has 1 fully saturated rings. The molecule has 1 aliphatic carbocycles. The summed E-state index contributed by atoms with van der Waals surface area (Å²) in [5.74, 6) is 0. The first-order valence-corrected chi connectivity index (χ1v) is 7.90. The molecule has 5 nitrogen and oxygen atoms in total. The first-order chi connectivity index (χ1) is 9.79. The highest BCUT2D eigenvalue weighted by Gasteiger charge is 2.20. The third kappa shape index (κ3) is 2.47. The second kappa shape index (κ2) is 5.75. The number of rotatable bonds is 4. The van der Waals surface area contributed by atoms with Gasteiger partial charge in [0.1, 0.15) is 0 Å². The molecule has 20 heavy (non-hydrogen) atoms. The molecule has 2 aromatic heterocycles. The van der Waals surface area contributed by atoms with E-state index in [9.17, 15) is 4.79 Å². The van der Waals surface area contributed by atoms with E-state index < -0.39 is 0 Å². The fourth-order valence-corrected chi connectivity index (χ4v) is 3.53. The maximum Gasteiger partial charge on any atom is 0.261 e. The molecule has 0 amide bonds.